The molecule has 0 N–H and O–H groups in total. The van der Waals surface area contributed by atoms with Gasteiger partial charge in [0, 0.05) is 37.8 Å². The zero-order valence-electron chi connectivity index (χ0n) is 17.6. The largest absolute Gasteiger partial charge is 0.494 e. The summed E-state index contributed by atoms with van der Waals surface area (Å²) in [5.74, 6) is -2.11. The van der Waals surface area contributed by atoms with Crippen LogP contribution < -0.4 is 10.5 Å². The molecule has 33 heavy (non-hydrogen) atoms. The Morgan fingerprint density at radius 2 is 1.88 bits per heavy atom. The number of methoxy groups -OCH3 is 1. The van der Waals surface area contributed by atoms with Crippen molar-refractivity contribution in [2.75, 3.05) is 33.3 Å². The smallest absolute Gasteiger partial charge is 0.420 e. The van der Waals surface area contributed by atoms with E-state index in [0.717, 1.165) is 10.6 Å². The van der Waals surface area contributed by atoms with Crippen LogP contribution in [-0.2, 0) is 21.4 Å². The number of carbonyl (C=O) groups excluding carboxylic acids is 2. The minimum absolute atomic E-state index is 0.00122. The Hall–Kier alpha value is -3.51. The number of fused-ring (bicyclic) bond motifs is 1. The standard InChI is InChI=1S/C21H20FN3O7S/c1-31-19-5-2-14(10-16(19)22)18(27)12-25-17-4-3-15(11-20(17)32-21(25)28)33(29,30)24-8-6-23(13-26)7-9-24/h2-5,10-11,13H,6-9,12H2,1H3. The van der Waals surface area contributed by atoms with Crippen molar-refractivity contribution in [3.05, 3.63) is 58.3 Å². The van der Waals surface area contributed by atoms with Crippen LogP contribution in [0.25, 0.3) is 11.1 Å². The first-order valence-corrected chi connectivity index (χ1v) is 11.4. The monoisotopic (exact) mass is 477 g/mol. The number of hydrogen-bond acceptors (Lipinski definition) is 7. The highest BCUT2D eigenvalue weighted by molar-refractivity contribution is 7.89. The number of hydrogen-bond donors (Lipinski definition) is 0. The SMILES string of the molecule is COc1ccc(C(=O)Cn2c(=O)oc3cc(S(=O)(=O)N4CCN(C=O)CC4)ccc32)cc1F. The van der Waals surface area contributed by atoms with Gasteiger partial charge in [0.15, 0.2) is 22.9 Å². The number of ether oxygens (including phenoxy) is 1. The number of amides is 1. The molecule has 0 spiro atoms. The average Bonchev–Trinajstić information content (AvgIpc) is 3.13. The van der Waals surface area contributed by atoms with Crippen molar-refractivity contribution in [1.82, 2.24) is 13.8 Å². The maximum atomic E-state index is 13.9. The zero-order valence-corrected chi connectivity index (χ0v) is 18.4. The normalized spacial score (nSPS) is 15.0. The third kappa shape index (κ3) is 4.26. The summed E-state index contributed by atoms with van der Waals surface area (Å²) in [6.45, 7) is 0.445. The van der Waals surface area contributed by atoms with Gasteiger partial charge in [-0.3, -0.25) is 14.2 Å². The van der Waals surface area contributed by atoms with Crippen molar-refractivity contribution < 1.29 is 31.6 Å². The van der Waals surface area contributed by atoms with E-state index in [0.29, 0.717) is 6.41 Å². The Labute approximate surface area is 187 Å². The van der Waals surface area contributed by atoms with Crippen molar-refractivity contribution in [3.63, 3.8) is 0 Å². The highest BCUT2D eigenvalue weighted by Crippen LogP contribution is 2.23. The first kappa shape index (κ1) is 22.7. The number of ketones is 1. The minimum atomic E-state index is -3.87. The Kier molecular flexibility index (Phi) is 6.04. The van der Waals surface area contributed by atoms with Crippen molar-refractivity contribution >= 4 is 33.3 Å². The summed E-state index contributed by atoms with van der Waals surface area (Å²) in [6, 6.07) is 7.65. The fourth-order valence-electron chi connectivity index (χ4n) is 3.63. The van der Waals surface area contributed by atoms with E-state index < -0.39 is 33.9 Å². The molecule has 1 amide bonds. The summed E-state index contributed by atoms with van der Waals surface area (Å²) in [6.07, 6.45) is 0.676. The molecule has 1 aromatic heterocycles. The van der Waals surface area contributed by atoms with Gasteiger partial charge in [-0.2, -0.15) is 4.31 Å². The predicted octanol–water partition coefficient (Wildman–Crippen LogP) is 1.09. The summed E-state index contributed by atoms with van der Waals surface area (Å²) >= 11 is 0. The number of oxazole rings is 1. The van der Waals surface area contributed by atoms with Crippen LogP contribution in [0.3, 0.4) is 0 Å². The number of piperazine rings is 1. The fraction of sp³-hybridized carbons (Fsp3) is 0.286. The maximum absolute atomic E-state index is 13.9. The third-order valence-electron chi connectivity index (χ3n) is 5.48. The number of rotatable bonds is 7. The number of aromatic nitrogens is 1. The minimum Gasteiger partial charge on any atom is -0.494 e. The van der Waals surface area contributed by atoms with Gasteiger partial charge in [-0.15, -0.1) is 0 Å². The van der Waals surface area contributed by atoms with E-state index in [1.807, 2.05) is 0 Å². The molecule has 0 atom stereocenters. The van der Waals surface area contributed by atoms with E-state index in [1.165, 1.54) is 46.6 Å². The van der Waals surface area contributed by atoms with Gasteiger partial charge >= 0.3 is 5.76 Å². The van der Waals surface area contributed by atoms with E-state index in [-0.39, 0.29) is 53.5 Å². The molecule has 10 nitrogen and oxygen atoms in total. The number of Topliss-reactive ketones (excluding diaryl/α,β-unsaturated/α-hetero) is 1. The van der Waals surface area contributed by atoms with Crippen LogP contribution in [0, 0.1) is 5.82 Å². The first-order chi connectivity index (χ1) is 15.7. The molecule has 1 fully saturated rings. The van der Waals surface area contributed by atoms with Crippen LogP contribution in [-0.4, -0.2) is 67.7 Å². The van der Waals surface area contributed by atoms with Gasteiger partial charge in [0.2, 0.25) is 16.4 Å². The number of halogens is 1. The van der Waals surface area contributed by atoms with Gasteiger partial charge in [-0.25, -0.2) is 17.6 Å². The van der Waals surface area contributed by atoms with Crippen LogP contribution >= 0.6 is 0 Å². The molecule has 4 rings (SSSR count). The Morgan fingerprint density at radius 3 is 2.52 bits per heavy atom. The zero-order chi connectivity index (χ0) is 23.8. The van der Waals surface area contributed by atoms with Gasteiger partial charge in [-0.05, 0) is 30.3 Å². The lowest BCUT2D eigenvalue weighted by atomic mass is 10.1. The van der Waals surface area contributed by atoms with Gasteiger partial charge in [0.05, 0.1) is 24.1 Å². The van der Waals surface area contributed by atoms with Gasteiger partial charge in [-0.1, -0.05) is 0 Å². The van der Waals surface area contributed by atoms with Crippen molar-refractivity contribution in [3.8, 4) is 5.75 Å². The second-order valence-electron chi connectivity index (χ2n) is 7.40. The molecule has 0 aliphatic carbocycles. The number of benzene rings is 2. The molecule has 0 bridgehead atoms. The quantitative estimate of drug-likeness (QED) is 0.369. The number of nitrogens with zero attached hydrogens (tertiary/aromatic N) is 3. The van der Waals surface area contributed by atoms with Gasteiger partial charge in [0.1, 0.15) is 0 Å². The van der Waals surface area contributed by atoms with E-state index in [1.54, 1.807) is 0 Å². The highest BCUT2D eigenvalue weighted by atomic mass is 32.2. The Balaban J connectivity index is 1.60. The van der Waals surface area contributed by atoms with Crippen molar-refractivity contribution in [1.29, 1.82) is 0 Å². The Bertz CT molecular complexity index is 1390. The van der Waals surface area contributed by atoms with Crippen molar-refractivity contribution in [2.24, 2.45) is 0 Å². The molecule has 1 aliphatic heterocycles. The Morgan fingerprint density at radius 1 is 1.15 bits per heavy atom. The van der Waals surface area contributed by atoms with Crippen LogP contribution in [0.1, 0.15) is 10.4 Å². The lowest BCUT2D eigenvalue weighted by Gasteiger charge is -2.31. The molecule has 0 unspecified atom stereocenters. The van der Waals surface area contributed by atoms with Crippen LogP contribution in [0.4, 0.5) is 4.39 Å². The van der Waals surface area contributed by atoms with Crippen LogP contribution in [0.2, 0.25) is 0 Å². The summed E-state index contributed by atoms with van der Waals surface area (Å²) in [5, 5.41) is 0. The molecule has 1 saturated heterocycles. The fourth-order valence-corrected chi connectivity index (χ4v) is 5.07. The molecule has 0 radical (unpaired) electrons. The van der Waals surface area contributed by atoms with Crippen molar-refractivity contribution in [2.45, 2.75) is 11.4 Å². The molecule has 3 aromatic rings. The molecule has 2 aromatic carbocycles. The van der Waals surface area contributed by atoms with E-state index in [2.05, 4.69) is 0 Å². The topological polar surface area (TPSA) is 119 Å². The van der Waals surface area contributed by atoms with Gasteiger partial charge < -0.3 is 14.1 Å². The molecule has 12 heteroatoms. The predicted molar refractivity (Wildman–Crippen MR) is 114 cm³/mol. The summed E-state index contributed by atoms with van der Waals surface area (Å²) in [7, 11) is -2.56. The highest BCUT2D eigenvalue weighted by Gasteiger charge is 2.29. The molecule has 2 heterocycles. The molecule has 0 saturated carbocycles. The van der Waals surface area contributed by atoms with Crippen LogP contribution in [0.5, 0.6) is 5.75 Å². The van der Waals surface area contributed by atoms with Crippen LogP contribution in [0.15, 0.2) is 50.5 Å². The lowest BCUT2D eigenvalue weighted by molar-refractivity contribution is -0.119. The molecular weight excluding hydrogens is 457 g/mol. The third-order valence-corrected chi connectivity index (χ3v) is 7.37. The van der Waals surface area contributed by atoms with E-state index in [9.17, 15) is 27.2 Å². The van der Waals surface area contributed by atoms with E-state index in [4.69, 9.17) is 9.15 Å². The lowest BCUT2D eigenvalue weighted by Crippen LogP contribution is -2.47. The summed E-state index contributed by atoms with van der Waals surface area (Å²) in [5.41, 5.74) is 0.275. The summed E-state index contributed by atoms with van der Waals surface area (Å²) in [4.78, 5) is 37.2. The first-order valence-electron chi connectivity index (χ1n) is 9.94. The second kappa shape index (κ2) is 8.79. The average molecular weight is 477 g/mol. The van der Waals surface area contributed by atoms with Gasteiger partial charge in [0.25, 0.3) is 0 Å². The number of sulfonamides is 1. The molecular formula is C21H20FN3O7S. The maximum Gasteiger partial charge on any atom is 0.420 e. The molecule has 174 valence electrons. The number of carbonyl (C=O) groups is 2. The van der Waals surface area contributed by atoms with E-state index >= 15 is 0 Å². The molecule has 1 aliphatic rings. The second-order valence-corrected chi connectivity index (χ2v) is 9.34. The summed E-state index contributed by atoms with van der Waals surface area (Å²) < 4.78 is 52.2.